The number of aromatic nitrogens is 4. The number of ether oxygens (including phenoxy) is 1. The molecule has 0 aliphatic heterocycles. The summed E-state index contributed by atoms with van der Waals surface area (Å²) in [5.74, 6) is -2.31. The molecule has 1 aliphatic rings. The van der Waals surface area contributed by atoms with Crippen LogP contribution in [0.4, 0.5) is 20.5 Å². The van der Waals surface area contributed by atoms with E-state index in [4.69, 9.17) is 4.74 Å². The van der Waals surface area contributed by atoms with Crippen LogP contribution in [0, 0.1) is 16.7 Å². The zero-order valence-electron chi connectivity index (χ0n) is 19.2. The monoisotopic (exact) mass is 461 g/mol. The van der Waals surface area contributed by atoms with Crippen LogP contribution in [0.1, 0.15) is 58.1 Å². The summed E-state index contributed by atoms with van der Waals surface area (Å²) < 4.78 is 31.4. The highest BCUT2D eigenvalue weighted by Gasteiger charge is 2.44. The third kappa shape index (κ3) is 6.22. The van der Waals surface area contributed by atoms with E-state index in [0.29, 0.717) is 29.8 Å². The first-order valence-corrected chi connectivity index (χ1v) is 10.7. The molecule has 2 atom stereocenters. The first-order valence-electron chi connectivity index (χ1n) is 10.7. The highest BCUT2D eigenvalue weighted by molar-refractivity contribution is 5.54. The predicted octanol–water partition coefficient (Wildman–Crippen LogP) is 3.53. The molecule has 2 aromatic rings. The number of nitriles is 1. The Morgan fingerprint density at radius 1 is 1.30 bits per heavy atom. The molecule has 11 heteroatoms. The van der Waals surface area contributed by atoms with Gasteiger partial charge in [0, 0.05) is 25.7 Å². The standard InChI is InChI=1S/C22H29F2N7O2/c1-20(2)7-16(5-6-21(20,3)32)30-17-14(8-25)10-27-19(31-17)28-11-15-9-26-13-29-18(15)33-12-22(4,23)24/h9-10,13,16,32H,5-7,11-12H2,1-4H3,(H2,27,28,30,31)/t16?,21-/m1/s1. The van der Waals surface area contributed by atoms with E-state index in [1.165, 1.54) is 18.7 Å². The SMILES string of the molecule is CC(F)(F)COc1ncncc1CNc1ncc(C#N)c(NC2CC[C@@](C)(O)C(C)(C)C2)n1. The lowest BCUT2D eigenvalue weighted by molar-refractivity contribution is -0.0840. The van der Waals surface area contributed by atoms with Gasteiger partial charge in [-0.05, 0) is 31.6 Å². The van der Waals surface area contributed by atoms with Crippen LogP contribution in [0.5, 0.6) is 5.88 Å². The van der Waals surface area contributed by atoms with Gasteiger partial charge in [0.1, 0.15) is 23.8 Å². The molecule has 0 amide bonds. The van der Waals surface area contributed by atoms with E-state index in [0.717, 1.165) is 13.3 Å². The Labute approximate surface area is 191 Å². The Hall–Kier alpha value is -3.13. The van der Waals surface area contributed by atoms with Crippen LogP contribution in [0.2, 0.25) is 0 Å². The summed E-state index contributed by atoms with van der Waals surface area (Å²) in [5, 5.41) is 26.4. The van der Waals surface area contributed by atoms with Gasteiger partial charge in [0.15, 0.2) is 6.61 Å². The van der Waals surface area contributed by atoms with Crippen LogP contribution in [0.25, 0.3) is 0 Å². The third-order valence-corrected chi connectivity index (χ3v) is 6.09. The quantitative estimate of drug-likeness (QED) is 0.541. The number of halogens is 2. The minimum atomic E-state index is -2.99. The molecule has 0 radical (unpaired) electrons. The number of nitrogens with one attached hydrogen (secondary N) is 2. The van der Waals surface area contributed by atoms with Crippen LogP contribution in [0.15, 0.2) is 18.7 Å². The van der Waals surface area contributed by atoms with Gasteiger partial charge < -0.3 is 20.5 Å². The van der Waals surface area contributed by atoms with Crippen LogP contribution in [0.3, 0.4) is 0 Å². The van der Waals surface area contributed by atoms with Crippen molar-refractivity contribution in [3.05, 3.63) is 29.8 Å². The normalized spacial score (nSPS) is 22.3. The highest BCUT2D eigenvalue weighted by atomic mass is 19.3. The zero-order valence-corrected chi connectivity index (χ0v) is 19.2. The summed E-state index contributed by atoms with van der Waals surface area (Å²) >= 11 is 0. The minimum Gasteiger partial charge on any atom is -0.471 e. The Balaban J connectivity index is 1.71. The van der Waals surface area contributed by atoms with E-state index in [-0.39, 0.29) is 29.8 Å². The summed E-state index contributed by atoms with van der Waals surface area (Å²) in [6.07, 6.45) is 6.17. The van der Waals surface area contributed by atoms with Crippen molar-refractivity contribution in [3.8, 4) is 11.9 Å². The molecule has 0 aromatic carbocycles. The average molecular weight is 462 g/mol. The first kappa shape index (κ1) is 24.5. The van der Waals surface area contributed by atoms with Crippen molar-refractivity contribution in [1.82, 2.24) is 19.9 Å². The van der Waals surface area contributed by atoms with Crippen LogP contribution in [-0.4, -0.2) is 49.2 Å². The van der Waals surface area contributed by atoms with E-state index in [9.17, 15) is 19.1 Å². The maximum Gasteiger partial charge on any atom is 0.278 e. The molecule has 3 rings (SSSR count). The lowest BCUT2D eigenvalue weighted by atomic mass is 9.65. The van der Waals surface area contributed by atoms with Crippen molar-refractivity contribution in [2.75, 3.05) is 17.2 Å². The first-order chi connectivity index (χ1) is 15.4. The van der Waals surface area contributed by atoms with E-state index >= 15 is 0 Å². The molecule has 2 aromatic heterocycles. The fourth-order valence-corrected chi connectivity index (χ4v) is 3.67. The Kier molecular flexibility index (Phi) is 6.97. The second-order valence-corrected chi connectivity index (χ2v) is 9.38. The van der Waals surface area contributed by atoms with Gasteiger partial charge in [0.25, 0.3) is 5.92 Å². The fourth-order valence-electron chi connectivity index (χ4n) is 3.67. The number of anilines is 2. The molecular formula is C22H29F2N7O2. The van der Waals surface area contributed by atoms with Crippen molar-refractivity contribution < 1.29 is 18.6 Å². The summed E-state index contributed by atoms with van der Waals surface area (Å²) in [4.78, 5) is 16.4. The smallest absolute Gasteiger partial charge is 0.278 e. The zero-order chi connectivity index (χ0) is 24.3. The van der Waals surface area contributed by atoms with E-state index in [2.05, 4.69) is 36.6 Å². The van der Waals surface area contributed by atoms with Gasteiger partial charge in [-0.1, -0.05) is 13.8 Å². The predicted molar refractivity (Wildman–Crippen MR) is 118 cm³/mol. The number of alkyl halides is 2. The second-order valence-electron chi connectivity index (χ2n) is 9.38. The largest absolute Gasteiger partial charge is 0.471 e. The van der Waals surface area contributed by atoms with Crippen LogP contribution in [-0.2, 0) is 6.54 Å². The van der Waals surface area contributed by atoms with Gasteiger partial charge in [-0.15, -0.1) is 0 Å². The average Bonchev–Trinajstić information content (AvgIpc) is 2.73. The minimum absolute atomic E-state index is 0.0355. The number of hydrogen-bond donors (Lipinski definition) is 3. The van der Waals surface area contributed by atoms with E-state index in [1.807, 2.05) is 20.8 Å². The van der Waals surface area contributed by atoms with Crippen molar-refractivity contribution >= 4 is 11.8 Å². The van der Waals surface area contributed by atoms with E-state index < -0.39 is 18.1 Å². The fraction of sp³-hybridized carbons (Fsp3) is 0.591. The maximum atomic E-state index is 13.1. The van der Waals surface area contributed by atoms with Gasteiger partial charge >= 0.3 is 0 Å². The van der Waals surface area contributed by atoms with Gasteiger partial charge in [0.2, 0.25) is 11.8 Å². The van der Waals surface area contributed by atoms with Gasteiger partial charge in [-0.2, -0.15) is 10.2 Å². The topological polar surface area (TPSA) is 129 Å². The molecule has 178 valence electrons. The lowest BCUT2D eigenvalue weighted by Gasteiger charge is -2.47. The number of nitrogens with zero attached hydrogens (tertiary/aromatic N) is 5. The second kappa shape index (κ2) is 9.39. The van der Waals surface area contributed by atoms with Crippen molar-refractivity contribution in [2.45, 2.75) is 71.1 Å². The van der Waals surface area contributed by atoms with Gasteiger partial charge in [0.05, 0.1) is 17.4 Å². The van der Waals surface area contributed by atoms with Crippen molar-refractivity contribution in [3.63, 3.8) is 0 Å². The molecule has 1 fully saturated rings. The maximum absolute atomic E-state index is 13.1. The lowest BCUT2D eigenvalue weighted by Crippen LogP contribution is -2.49. The van der Waals surface area contributed by atoms with Crippen molar-refractivity contribution in [1.29, 1.82) is 5.26 Å². The summed E-state index contributed by atoms with van der Waals surface area (Å²) in [6.45, 7) is 5.99. The number of aliphatic hydroxyl groups is 1. The Morgan fingerprint density at radius 2 is 2.06 bits per heavy atom. The molecule has 9 nitrogen and oxygen atoms in total. The van der Waals surface area contributed by atoms with Gasteiger partial charge in [-0.25, -0.2) is 23.7 Å². The Morgan fingerprint density at radius 3 is 2.73 bits per heavy atom. The number of hydrogen-bond acceptors (Lipinski definition) is 9. The molecule has 0 spiro atoms. The summed E-state index contributed by atoms with van der Waals surface area (Å²) in [6, 6.07) is 2.12. The molecule has 0 bridgehead atoms. The highest BCUT2D eigenvalue weighted by Crippen LogP contribution is 2.44. The molecular weight excluding hydrogens is 432 g/mol. The van der Waals surface area contributed by atoms with Crippen LogP contribution >= 0.6 is 0 Å². The molecule has 0 saturated heterocycles. The summed E-state index contributed by atoms with van der Waals surface area (Å²) in [5.41, 5.74) is -0.308. The molecule has 2 heterocycles. The molecule has 33 heavy (non-hydrogen) atoms. The third-order valence-electron chi connectivity index (χ3n) is 6.09. The molecule has 3 N–H and O–H groups in total. The molecule has 1 aliphatic carbocycles. The van der Waals surface area contributed by atoms with Gasteiger partial charge in [-0.3, -0.25) is 0 Å². The molecule has 1 saturated carbocycles. The van der Waals surface area contributed by atoms with E-state index in [1.54, 1.807) is 0 Å². The Bertz CT molecular complexity index is 1020. The molecule has 1 unspecified atom stereocenters. The van der Waals surface area contributed by atoms with Crippen molar-refractivity contribution in [2.24, 2.45) is 5.41 Å². The summed E-state index contributed by atoms with van der Waals surface area (Å²) in [7, 11) is 0. The number of rotatable bonds is 8. The van der Waals surface area contributed by atoms with Crippen LogP contribution < -0.4 is 15.4 Å².